The smallest absolute Gasteiger partial charge is 0.0521 e. The van der Waals surface area contributed by atoms with E-state index in [4.69, 9.17) is 5.11 Å². The summed E-state index contributed by atoms with van der Waals surface area (Å²) >= 11 is 1.83. The Morgan fingerprint density at radius 3 is 2.44 bits per heavy atom. The summed E-state index contributed by atoms with van der Waals surface area (Å²) in [6.45, 7) is 4.76. The van der Waals surface area contributed by atoms with Gasteiger partial charge in [-0.1, -0.05) is 38.1 Å². The van der Waals surface area contributed by atoms with Crippen molar-refractivity contribution in [1.29, 1.82) is 0 Å². The van der Waals surface area contributed by atoms with Gasteiger partial charge in [0.05, 0.1) is 6.61 Å². The number of hydrogen-bond acceptors (Lipinski definition) is 2. The lowest BCUT2D eigenvalue weighted by Crippen LogP contribution is -1.97. The third kappa shape index (κ3) is 4.58. The number of aliphatic hydroxyl groups is 1. The lowest BCUT2D eigenvalue weighted by molar-refractivity contribution is 0.322. The predicted molar refractivity (Wildman–Crippen MR) is 73.3 cm³/mol. The molecule has 0 saturated carbocycles. The maximum Gasteiger partial charge on any atom is 0.0521 e. The van der Waals surface area contributed by atoms with Gasteiger partial charge in [0.25, 0.3) is 0 Å². The molecule has 0 fully saturated rings. The molecule has 16 heavy (non-hydrogen) atoms. The van der Waals surface area contributed by atoms with Crippen LogP contribution in [0.4, 0.5) is 0 Å². The van der Waals surface area contributed by atoms with Crippen LogP contribution in [-0.4, -0.2) is 23.2 Å². The minimum absolute atomic E-state index is 0.296. The maximum absolute atomic E-state index is 8.69. The molecule has 1 aromatic carbocycles. The quantitative estimate of drug-likeness (QED) is 0.734. The fraction of sp³-hybridized carbons (Fsp3) is 0.571. The topological polar surface area (TPSA) is 20.2 Å². The van der Waals surface area contributed by atoms with Crippen LogP contribution in [0.2, 0.25) is 0 Å². The zero-order chi connectivity index (χ0) is 11.8. The molecule has 0 spiro atoms. The van der Waals surface area contributed by atoms with Gasteiger partial charge < -0.3 is 5.11 Å². The van der Waals surface area contributed by atoms with Gasteiger partial charge in [0.1, 0.15) is 0 Å². The number of aliphatic hydroxyl groups excluding tert-OH is 1. The van der Waals surface area contributed by atoms with Gasteiger partial charge in [-0.2, -0.15) is 11.8 Å². The third-order valence-electron chi connectivity index (χ3n) is 2.89. The van der Waals surface area contributed by atoms with E-state index in [1.165, 1.54) is 17.5 Å². The normalized spacial score (nSPS) is 12.7. The molecule has 1 atom stereocenters. The summed E-state index contributed by atoms with van der Waals surface area (Å²) in [5.74, 6) is 2.62. The lowest BCUT2D eigenvalue weighted by Gasteiger charge is -2.11. The highest BCUT2D eigenvalue weighted by Gasteiger charge is 2.04. The average molecular weight is 238 g/mol. The molecule has 1 rings (SSSR count). The van der Waals surface area contributed by atoms with E-state index in [0.29, 0.717) is 12.5 Å². The van der Waals surface area contributed by atoms with Gasteiger partial charge in [-0.3, -0.25) is 0 Å². The van der Waals surface area contributed by atoms with Gasteiger partial charge in [0.2, 0.25) is 0 Å². The van der Waals surface area contributed by atoms with Crippen LogP contribution in [0.15, 0.2) is 24.3 Å². The molecule has 0 aliphatic carbocycles. The van der Waals surface area contributed by atoms with Crippen molar-refractivity contribution in [3.05, 3.63) is 35.4 Å². The molecule has 0 aliphatic rings. The highest BCUT2D eigenvalue weighted by molar-refractivity contribution is 7.99. The second-order valence-corrected chi connectivity index (χ2v) is 5.35. The maximum atomic E-state index is 8.69. The molecule has 0 aromatic heterocycles. The van der Waals surface area contributed by atoms with Gasteiger partial charge in [-0.05, 0) is 35.6 Å². The van der Waals surface area contributed by atoms with Crippen molar-refractivity contribution in [2.75, 3.05) is 18.1 Å². The van der Waals surface area contributed by atoms with Crippen LogP contribution >= 0.6 is 11.8 Å². The fourth-order valence-electron chi connectivity index (χ4n) is 1.68. The Labute approximate surface area is 103 Å². The lowest BCUT2D eigenvalue weighted by atomic mass is 9.97. The van der Waals surface area contributed by atoms with Crippen LogP contribution in [0.1, 0.15) is 37.3 Å². The first-order valence-corrected chi connectivity index (χ1v) is 7.20. The highest BCUT2D eigenvalue weighted by atomic mass is 32.2. The molecule has 0 saturated heterocycles. The summed E-state index contributed by atoms with van der Waals surface area (Å²) in [7, 11) is 0. The molecule has 2 heteroatoms. The number of hydrogen-bond donors (Lipinski definition) is 1. The van der Waals surface area contributed by atoms with E-state index in [-0.39, 0.29) is 0 Å². The van der Waals surface area contributed by atoms with Gasteiger partial charge >= 0.3 is 0 Å². The third-order valence-corrected chi connectivity index (χ3v) is 3.88. The average Bonchev–Trinajstić information content (AvgIpc) is 2.34. The monoisotopic (exact) mass is 238 g/mol. The molecule has 1 N–H and O–H groups in total. The summed E-state index contributed by atoms with van der Waals surface area (Å²) in [6, 6.07) is 8.96. The summed E-state index contributed by atoms with van der Waals surface area (Å²) in [5.41, 5.74) is 2.84. The van der Waals surface area contributed by atoms with Crippen molar-refractivity contribution in [2.24, 2.45) is 0 Å². The molecule has 0 heterocycles. The highest BCUT2D eigenvalue weighted by Crippen LogP contribution is 2.21. The Hall–Kier alpha value is -0.470. The van der Waals surface area contributed by atoms with Crippen molar-refractivity contribution in [3.8, 4) is 0 Å². The van der Waals surface area contributed by atoms with Gasteiger partial charge in [0.15, 0.2) is 0 Å². The first-order chi connectivity index (χ1) is 7.77. The molecule has 1 nitrogen and oxygen atoms in total. The molecule has 0 bridgehead atoms. The molecule has 0 radical (unpaired) electrons. The minimum Gasteiger partial charge on any atom is -0.396 e. The number of benzene rings is 1. The van der Waals surface area contributed by atoms with Gasteiger partial charge in [0, 0.05) is 5.75 Å². The number of aryl methyl sites for hydroxylation is 1. The molecular weight excluding hydrogens is 216 g/mol. The van der Waals surface area contributed by atoms with Crippen LogP contribution in [0, 0.1) is 0 Å². The molecule has 1 aromatic rings. The van der Waals surface area contributed by atoms with Crippen molar-refractivity contribution < 1.29 is 5.11 Å². The van der Waals surface area contributed by atoms with Crippen LogP contribution < -0.4 is 0 Å². The van der Waals surface area contributed by atoms with E-state index in [0.717, 1.165) is 17.9 Å². The fourth-order valence-corrected chi connectivity index (χ4v) is 2.53. The zero-order valence-corrected chi connectivity index (χ0v) is 11.1. The van der Waals surface area contributed by atoms with E-state index in [1.807, 2.05) is 11.8 Å². The minimum atomic E-state index is 0.296. The largest absolute Gasteiger partial charge is 0.396 e. The van der Waals surface area contributed by atoms with E-state index in [9.17, 15) is 0 Å². The zero-order valence-electron chi connectivity index (χ0n) is 10.3. The number of thioether (sulfide) groups is 1. The van der Waals surface area contributed by atoms with E-state index >= 15 is 0 Å². The van der Waals surface area contributed by atoms with Crippen molar-refractivity contribution >= 4 is 11.8 Å². The van der Waals surface area contributed by atoms with E-state index < -0.39 is 0 Å². The SMILES string of the molecule is CCc1ccc(C(C)CCSCCO)cc1. The Kier molecular flexibility index (Phi) is 6.58. The van der Waals surface area contributed by atoms with Crippen molar-refractivity contribution in [2.45, 2.75) is 32.6 Å². The molecule has 0 aliphatic heterocycles. The van der Waals surface area contributed by atoms with Crippen LogP contribution in [-0.2, 0) is 6.42 Å². The van der Waals surface area contributed by atoms with Crippen LogP contribution in [0.5, 0.6) is 0 Å². The molecular formula is C14H22OS. The summed E-state index contributed by atoms with van der Waals surface area (Å²) in [6.07, 6.45) is 2.30. The van der Waals surface area contributed by atoms with Crippen molar-refractivity contribution in [1.82, 2.24) is 0 Å². The van der Waals surface area contributed by atoms with Crippen LogP contribution in [0.3, 0.4) is 0 Å². The molecule has 1 unspecified atom stereocenters. The van der Waals surface area contributed by atoms with Gasteiger partial charge in [-0.25, -0.2) is 0 Å². The Morgan fingerprint density at radius 1 is 1.19 bits per heavy atom. The second kappa shape index (κ2) is 7.75. The van der Waals surface area contributed by atoms with Crippen molar-refractivity contribution in [3.63, 3.8) is 0 Å². The van der Waals surface area contributed by atoms with Crippen LogP contribution in [0.25, 0.3) is 0 Å². The Balaban J connectivity index is 2.37. The standard InChI is InChI=1S/C14H22OS/c1-3-13-4-6-14(7-5-13)12(2)8-10-16-11-9-15/h4-7,12,15H,3,8-11H2,1-2H3. The van der Waals surface area contributed by atoms with E-state index in [2.05, 4.69) is 38.1 Å². The molecule has 0 amide bonds. The number of rotatable bonds is 7. The molecule has 90 valence electrons. The second-order valence-electron chi connectivity index (χ2n) is 4.12. The summed E-state index contributed by atoms with van der Waals surface area (Å²) < 4.78 is 0. The van der Waals surface area contributed by atoms with E-state index in [1.54, 1.807) is 0 Å². The first-order valence-electron chi connectivity index (χ1n) is 6.05. The first kappa shape index (κ1) is 13.6. The Bertz CT molecular complexity index is 281. The summed E-state index contributed by atoms with van der Waals surface area (Å²) in [5, 5.41) is 8.69. The Morgan fingerprint density at radius 2 is 1.88 bits per heavy atom. The summed E-state index contributed by atoms with van der Waals surface area (Å²) in [4.78, 5) is 0. The predicted octanol–water partition coefficient (Wildman–Crippen LogP) is 3.47. The van der Waals surface area contributed by atoms with Gasteiger partial charge in [-0.15, -0.1) is 0 Å².